The van der Waals surface area contributed by atoms with Crippen LogP contribution in [0.1, 0.15) is 19.8 Å². The molecule has 2 aliphatic heterocycles. The molecule has 0 saturated carbocycles. The van der Waals surface area contributed by atoms with Crippen LogP contribution in [0.15, 0.2) is 60.7 Å². The molecular weight excluding hydrogens is 341 g/mol. The molecule has 0 bridgehead atoms. The number of hydrogen-bond acceptors (Lipinski definition) is 2. The number of fused-ring (bicyclic) bond motifs is 1. The summed E-state index contributed by atoms with van der Waals surface area (Å²) in [6, 6.07) is 24.2. The molecule has 2 aliphatic rings. The quantitative estimate of drug-likeness (QED) is 0.582. The van der Waals surface area contributed by atoms with Gasteiger partial charge in [-0.2, -0.15) is 0 Å². The molecule has 25 heavy (non-hydrogen) atoms. The third-order valence-corrected chi connectivity index (χ3v) is 12.5. The molecule has 0 aliphatic carbocycles. The van der Waals surface area contributed by atoms with Crippen LogP contribution >= 0.6 is 8.30 Å². The summed E-state index contributed by atoms with van der Waals surface area (Å²) in [5.41, 5.74) is 0. The molecule has 0 N–H and O–H groups in total. The molecule has 3 atom stereocenters. The van der Waals surface area contributed by atoms with Crippen molar-refractivity contribution in [3.63, 3.8) is 0 Å². The Balaban J connectivity index is 1.68. The zero-order valence-electron chi connectivity index (χ0n) is 15.3. The van der Waals surface area contributed by atoms with Gasteiger partial charge in [-0.3, -0.25) is 4.67 Å². The molecule has 0 radical (unpaired) electrons. The standard InChI is InChI=1S/C21H28NOPSi/c1-3-24-22-16-10-15-20(22)21(23-24)17-25(2,18-11-6-4-7-12-18)19-13-8-5-9-14-19/h4-9,11-14,20-21H,3,10,15-17H2,1-2H3/t20-,21+,24?/m1/s1. The first-order chi connectivity index (χ1) is 12.2. The first kappa shape index (κ1) is 17.4. The minimum atomic E-state index is -1.81. The maximum atomic E-state index is 6.64. The third kappa shape index (κ3) is 3.24. The topological polar surface area (TPSA) is 12.5 Å². The van der Waals surface area contributed by atoms with E-state index in [1.165, 1.54) is 35.8 Å². The Bertz CT molecular complexity index is 656. The van der Waals surface area contributed by atoms with E-state index in [1.807, 2.05) is 0 Å². The van der Waals surface area contributed by atoms with Gasteiger partial charge in [-0.25, -0.2) is 0 Å². The SMILES string of the molecule is CCP1O[C@@H](C[Si](C)(c2ccccc2)c2ccccc2)[C@H]2CCCN21. The van der Waals surface area contributed by atoms with Gasteiger partial charge in [0.2, 0.25) is 0 Å². The van der Waals surface area contributed by atoms with Crippen LogP contribution in [0.5, 0.6) is 0 Å². The van der Waals surface area contributed by atoms with E-state index in [0.717, 1.165) is 6.16 Å². The van der Waals surface area contributed by atoms with E-state index in [1.54, 1.807) is 0 Å². The van der Waals surface area contributed by atoms with Gasteiger partial charge in [-0.05, 0) is 18.9 Å². The average Bonchev–Trinajstić information content (AvgIpc) is 3.27. The first-order valence-corrected chi connectivity index (χ1v) is 13.6. The molecule has 2 fully saturated rings. The van der Waals surface area contributed by atoms with Crippen molar-refractivity contribution in [2.75, 3.05) is 12.7 Å². The summed E-state index contributed by atoms with van der Waals surface area (Å²) in [6.45, 7) is 6.07. The molecule has 4 rings (SSSR count). The highest BCUT2D eigenvalue weighted by atomic mass is 31.2. The van der Waals surface area contributed by atoms with Crippen molar-refractivity contribution in [1.29, 1.82) is 0 Å². The molecule has 0 spiro atoms. The van der Waals surface area contributed by atoms with E-state index in [0.29, 0.717) is 12.1 Å². The van der Waals surface area contributed by atoms with Gasteiger partial charge in [0.05, 0.1) is 6.10 Å². The first-order valence-electron chi connectivity index (χ1n) is 9.54. The number of nitrogens with zero attached hydrogens (tertiary/aromatic N) is 1. The van der Waals surface area contributed by atoms with Crippen LogP contribution in [0.3, 0.4) is 0 Å². The predicted octanol–water partition coefficient (Wildman–Crippen LogP) is 4.07. The molecule has 2 aromatic rings. The average molecular weight is 370 g/mol. The Hall–Kier alpha value is -0.993. The Morgan fingerprint density at radius 3 is 2.20 bits per heavy atom. The van der Waals surface area contributed by atoms with E-state index in [4.69, 9.17) is 4.52 Å². The number of hydrogen-bond donors (Lipinski definition) is 0. The van der Waals surface area contributed by atoms with Crippen LogP contribution in [0.4, 0.5) is 0 Å². The van der Waals surface area contributed by atoms with Gasteiger partial charge in [0.25, 0.3) is 0 Å². The minimum absolute atomic E-state index is 0.358. The fraction of sp³-hybridized carbons (Fsp3) is 0.429. The van der Waals surface area contributed by atoms with Crippen molar-refractivity contribution in [3.8, 4) is 0 Å². The van der Waals surface area contributed by atoms with Gasteiger partial charge in [0.15, 0.2) is 0 Å². The van der Waals surface area contributed by atoms with E-state index in [2.05, 4.69) is 78.8 Å². The summed E-state index contributed by atoms with van der Waals surface area (Å²) in [7, 11) is -2.17. The maximum absolute atomic E-state index is 6.64. The van der Waals surface area contributed by atoms with Crippen molar-refractivity contribution in [3.05, 3.63) is 60.7 Å². The second kappa shape index (κ2) is 7.32. The van der Waals surface area contributed by atoms with Gasteiger partial charge in [-0.1, -0.05) is 84.5 Å². The van der Waals surface area contributed by atoms with Crippen molar-refractivity contribution in [1.82, 2.24) is 4.67 Å². The highest BCUT2D eigenvalue weighted by Crippen LogP contribution is 2.55. The van der Waals surface area contributed by atoms with Crippen LogP contribution < -0.4 is 10.4 Å². The summed E-state index contributed by atoms with van der Waals surface area (Å²) < 4.78 is 9.34. The molecular formula is C21H28NOPSi. The summed E-state index contributed by atoms with van der Waals surface area (Å²) in [6.07, 6.45) is 4.23. The molecule has 2 saturated heterocycles. The molecule has 132 valence electrons. The minimum Gasteiger partial charge on any atom is -0.339 e. The van der Waals surface area contributed by atoms with Gasteiger partial charge >= 0.3 is 0 Å². The van der Waals surface area contributed by atoms with Crippen LogP contribution in [-0.4, -0.2) is 37.6 Å². The van der Waals surface area contributed by atoms with Gasteiger partial charge < -0.3 is 4.52 Å². The van der Waals surface area contributed by atoms with Crippen LogP contribution in [0.25, 0.3) is 0 Å². The number of rotatable bonds is 5. The lowest BCUT2D eigenvalue weighted by Crippen LogP contribution is -2.58. The number of benzene rings is 2. The molecule has 2 nitrogen and oxygen atoms in total. The molecule has 1 unspecified atom stereocenters. The molecule has 2 aromatic carbocycles. The summed E-state index contributed by atoms with van der Waals surface area (Å²) in [4.78, 5) is 0. The van der Waals surface area contributed by atoms with Crippen molar-refractivity contribution in [2.24, 2.45) is 0 Å². The summed E-state index contributed by atoms with van der Waals surface area (Å²) in [5, 5.41) is 3.06. The fourth-order valence-corrected chi connectivity index (χ4v) is 10.6. The highest BCUT2D eigenvalue weighted by Gasteiger charge is 2.47. The highest BCUT2D eigenvalue weighted by molar-refractivity contribution is 7.50. The Morgan fingerprint density at radius 1 is 1.04 bits per heavy atom. The second-order valence-corrected chi connectivity index (χ2v) is 13.7. The zero-order valence-corrected chi connectivity index (χ0v) is 17.2. The van der Waals surface area contributed by atoms with Crippen LogP contribution in [-0.2, 0) is 4.52 Å². The molecule has 2 heterocycles. The lowest BCUT2D eigenvalue weighted by molar-refractivity contribution is 0.230. The van der Waals surface area contributed by atoms with Crippen LogP contribution in [0, 0.1) is 0 Å². The van der Waals surface area contributed by atoms with Gasteiger partial charge in [-0.15, -0.1) is 0 Å². The second-order valence-electron chi connectivity index (χ2n) is 7.45. The Kier molecular flexibility index (Phi) is 5.10. The predicted molar refractivity (Wildman–Crippen MR) is 111 cm³/mol. The largest absolute Gasteiger partial charge is 0.339 e. The Morgan fingerprint density at radius 2 is 1.64 bits per heavy atom. The van der Waals surface area contributed by atoms with E-state index in [9.17, 15) is 0 Å². The van der Waals surface area contributed by atoms with Crippen molar-refractivity contribution in [2.45, 2.75) is 44.5 Å². The third-order valence-electron chi connectivity index (χ3n) is 5.94. The monoisotopic (exact) mass is 369 g/mol. The van der Waals surface area contributed by atoms with Crippen LogP contribution in [0.2, 0.25) is 12.6 Å². The molecule has 4 heteroatoms. The van der Waals surface area contributed by atoms with Crippen molar-refractivity contribution < 1.29 is 4.52 Å². The Labute approximate surface area is 154 Å². The lowest BCUT2D eigenvalue weighted by Gasteiger charge is -2.32. The molecule has 0 aromatic heterocycles. The van der Waals surface area contributed by atoms with Crippen molar-refractivity contribution >= 4 is 26.7 Å². The summed E-state index contributed by atoms with van der Waals surface area (Å²) >= 11 is 0. The maximum Gasteiger partial charge on any atom is 0.117 e. The normalized spacial score (nSPS) is 26.7. The van der Waals surface area contributed by atoms with E-state index < -0.39 is 8.07 Å². The fourth-order valence-electron chi connectivity index (χ4n) is 4.57. The lowest BCUT2D eigenvalue weighted by atomic mass is 10.1. The smallest absolute Gasteiger partial charge is 0.117 e. The molecule has 0 amide bonds. The van der Waals surface area contributed by atoms with E-state index >= 15 is 0 Å². The van der Waals surface area contributed by atoms with E-state index in [-0.39, 0.29) is 8.30 Å². The summed E-state index contributed by atoms with van der Waals surface area (Å²) in [5.74, 6) is 0. The van der Waals surface area contributed by atoms with Gasteiger partial charge in [0, 0.05) is 18.7 Å². The van der Waals surface area contributed by atoms with Gasteiger partial charge in [0.1, 0.15) is 16.4 Å². The zero-order chi connectivity index (χ0) is 17.3.